The number of benzene rings is 1. The number of anilines is 1. The van der Waals surface area contributed by atoms with Gasteiger partial charge in [0, 0.05) is 36.0 Å². The third-order valence-electron chi connectivity index (χ3n) is 5.77. The number of nitrogens with one attached hydrogen (secondary N) is 2. The predicted octanol–water partition coefficient (Wildman–Crippen LogP) is 3.58. The summed E-state index contributed by atoms with van der Waals surface area (Å²) in [5.74, 6) is 0.00311. The number of amides is 1. The van der Waals surface area contributed by atoms with Crippen LogP contribution in [0.15, 0.2) is 57.5 Å². The van der Waals surface area contributed by atoms with Crippen LogP contribution in [0.4, 0.5) is 5.82 Å². The lowest BCUT2D eigenvalue weighted by Crippen LogP contribution is -2.30. The Balaban J connectivity index is 1.68. The Morgan fingerprint density at radius 3 is 2.42 bits per heavy atom. The first-order valence-electron chi connectivity index (χ1n) is 11.3. The zero-order valence-corrected chi connectivity index (χ0v) is 21.9. The molecular weight excluding hydrogens is 500 g/mol. The van der Waals surface area contributed by atoms with E-state index in [1.54, 1.807) is 33.8 Å². The molecule has 0 unspecified atom stereocenters. The first kappa shape index (κ1) is 25.5. The van der Waals surface area contributed by atoms with Crippen molar-refractivity contribution in [3.05, 3.63) is 75.0 Å². The summed E-state index contributed by atoms with van der Waals surface area (Å²) in [5, 5.41) is 9.28. The second-order valence-electron chi connectivity index (χ2n) is 7.97. The van der Waals surface area contributed by atoms with Crippen LogP contribution in [-0.2, 0) is 10.0 Å². The summed E-state index contributed by atoms with van der Waals surface area (Å²) >= 11 is 1.49. The highest BCUT2D eigenvalue weighted by atomic mass is 32.2. The van der Waals surface area contributed by atoms with Gasteiger partial charge < -0.3 is 5.32 Å². The summed E-state index contributed by atoms with van der Waals surface area (Å²) in [4.78, 5) is 33.6. The van der Waals surface area contributed by atoms with E-state index in [4.69, 9.17) is 0 Å². The number of nitrogens with zero attached hydrogens (tertiary/aromatic N) is 4. The van der Waals surface area contributed by atoms with Crippen LogP contribution >= 0.6 is 11.3 Å². The number of thiophene rings is 1. The van der Waals surface area contributed by atoms with Crippen LogP contribution in [0.2, 0.25) is 0 Å². The van der Waals surface area contributed by atoms with Gasteiger partial charge >= 0.3 is 0 Å². The van der Waals surface area contributed by atoms with Crippen LogP contribution < -0.4 is 10.9 Å². The maximum Gasteiger partial charge on any atom is 0.256 e. The van der Waals surface area contributed by atoms with Crippen LogP contribution in [0, 0.1) is 13.8 Å². The monoisotopic (exact) mass is 526 g/mol. The van der Waals surface area contributed by atoms with E-state index in [0.29, 0.717) is 35.9 Å². The Hall–Kier alpha value is -3.61. The van der Waals surface area contributed by atoms with E-state index in [2.05, 4.69) is 20.4 Å². The summed E-state index contributed by atoms with van der Waals surface area (Å²) in [6.45, 7) is 7.66. The van der Waals surface area contributed by atoms with E-state index in [0.717, 1.165) is 4.88 Å². The molecule has 0 bridgehead atoms. The largest absolute Gasteiger partial charge is 0.306 e. The van der Waals surface area contributed by atoms with E-state index in [1.165, 1.54) is 44.6 Å². The highest BCUT2D eigenvalue weighted by Gasteiger charge is 2.22. The van der Waals surface area contributed by atoms with Gasteiger partial charge in [-0.2, -0.15) is 14.1 Å². The molecule has 0 radical (unpaired) electrons. The van der Waals surface area contributed by atoms with Crippen molar-refractivity contribution in [2.75, 3.05) is 18.4 Å². The minimum atomic E-state index is -3.63. The number of rotatable bonds is 8. The molecule has 2 N–H and O–H groups in total. The van der Waals surface area contributed by atoms with Gasteiger partial charge in [-0.1, -0.05) is 19.9 Å². The highest BCUT2D eigenvalue weighted by Crippen LogP contribution is 2.27. The number of hydrogen-bond donors (Lipinski definition) is 2. The number of aromatic nitrogens is 4. The predicted molar refractivity (Wildman–Crippen MR) is 139 cm³/mol. The highest BCUT2D eigenvalue weighted by molar-refractivity contribution is 7.89. The second-order valence-corrected chi connectivity index (χ2v) is 10.9. The molecule has 12 heteroatoms. The van der Waals surface area contributed by atoms with Crippen molar-refractivity contribution in [2.45, 2.75) is 32.6 Å². The number of hydrogen-bond acceptors (Lipinski definition) is 7. The summed E-state index contributed by atoms with van der Waals surface area (Å²) in [5.41, 5.74) is 1.61. The van der Waals surface area contributed by atoms with E-state index in [9.17, 15) is 18.0 Å². The van der Waals surface area contributed by atoms with Crippen LogP contribution in [0.25, 0.3) is 16.5 Å². The molecule has 0 aliphatic carbocycles. The Bertz CT molecular complexity index is 1550. The van der Waals surface area contributed by atoms with Gasteiger partial charge in [-0.25, -0.2) is 13.4 Å². The Morgan fingerprint density at radius 1 is 1.14 bits per heavy atom. The number of H-pyrrole nitrogens is 1. The molecule has 4 rings (SSSR count). The SMILES string of the molecule is CCN(CC)S(=O)(=O)c1ccc(C(=O)Nc2cc(-c3cccs3)nn2-c2nc(C)c(C)c(=O)[nH]2)cc1. The smallest absolute Gasteiger partial charge is 0.256 e. The fourth-order valence-corrected chi connectivity index (χ4v) is 5.73. The maximum atomic E-state index is 13.1. The molecule has 3 aromatic heterocycles. The molecule has 0 atom stereocenters. The van der Waals surface area contributed by atoms with E-state index < -0.39 is 15.9 Å². The molecule has 0 aliphatic rings. The summed E-state index contributed by atoms with van der Waals surface area (Å²) in [6, 6.07) is 11.2. The van der Waals surface area contributed by atoms with Crippen molar-refractivity contribution in [3.63, 3.8) is 0 Å². The van der Waals surface area contributed by atoms with Gasteiger partial charge in [-0.3, -0.25) is 14.6 Å². The van der Waals surface area contributed by atoms with Crippen molar-refractivity contribution >= 4 is 33.1 Å². The zero-order valence-electron chi connectivity index (χ0n) is 20.3. The van der Waals surface area contributed by atoms with Crippen molar-refractivity contribution < 1.29 is 13.2 Å². The second kappa shape index (κ2) is 10.2. The number of sulfonamides is 1. The van der Waals surface area contributed by atoms with Crippen molar-refractivity contribution in [1.82, 2.24) is 24.1 Å². The van der Waals surface area contributed by atoms with Gasteiger partial charge in [0.2, 0.25) is 16.0 Å². The molecule has 1 aromatic carbocycles. The summed E-state index contributed by atoms with van der Waals surface area (Å²) in [7, 11) is -3.63. The Kier molecular flexibility index (Phi) is 7.20. The third-order valence-corrected chi connectivity index (χ3v) is 8.72. The van der Waals surface area contributed by atoms with Gasteiger partial charge in [0.05, 0.1) is 9.77 Å². The first-order chi connectivity index (χ1) is 17.1. The average molecular weight is 527 g/mol. The lowest BCUT2D eigenvalue weighted by molar-refractivity contribution is 0.102. The quantitative estimate of drug-likeness (QED) is 0.361. The minimum Gasteiger partial charge on any atom is -0.306 e. The Morgan fingerprint density at radius 2 is 1.83 bits per heavy atom. The van der Waals surface area contributed by atoms with Crippen LogP contribution in [-0.4, -0.2) is 51.5 Å². The number of aryl methyl sites for hydroxylation is 1. The van der Waals surface area contributed by atoms with Crippen molar-refractivity contribution in [3.8, 4) is 16.5 Å². The average Bonchev–Trinajstić information content (AvgIpc) is 3.53. The van der Waals surface area contributed by atoms with Gasteiger partial charge in [-0.15, -0.1) is 11.3 Å². The van der Waals surface area contributed by atoms with Gasteiger partial charge in [-0.05, 0) is 49.6 Å². The van der Waals surface area contributed by atoms with E-state index in [1.807, 2.05) is 17.5 Å². The molecule has 10 nitrogen and oxygen atoms in total. The normalized spacial score (nSPS) is 11.7. The molecule has 0 fully saturated rings. The third kappa shape index (κ3) is 4.87. The number of carbonyl (C=O) groups excluding carboxylic acids is 1. The molecule has 36 heavy (non-hydrogen) atoms. The van der Waals surface area contributed by atoms with Crippen LogP contribution in [0.3, 0.4) is 0 Å². The molecule has 188 valence electrons. The molecule has 0 saturated carbocycles. The molecule has 0 aliphatic heterocycles. The summed E-state index contributed by atoms with van der Waals surface area (Å²) in [6.07, 6.45) is 0. The summed E-state index contributed by atoms with van der Waals surface area (Å²) < 4.78 is 28.2. The molecule has 0 saturated heterocycles. The fourth-order valence-electron chi connectivity index (χ4n) is 3.59. The molecule has 4 aromatic rings. The van der Waals surface area contributed by atoms with E-state index in [-0.39, 0.29) is 22.0 Å². The molecule has 0 spiro atoms. The lowest BCUT2D eigenvalue weighted by atomic mass is 10.2. The maximum absolute atomic E-state index is 13.1. The standard InChI is InChI=1S/C24H26N6O4S2/c1-5-29(6-2)36(33,34)18-11-9-17(10-12-18)23(32)26-21-14-19(20-8-7-13-35-20)28-30(21)24-25-16(4)15(3)22(31)27-24/h7-14H,5-6H2,1-4H3,(H,26,32)(H,25,27,31). The number of aromatic amines is 1. The van der Waals surface area contributed by atoms with Gasteiger partial charge in [0.25, 0.3) is 11.5 Å². The molecule has 1 amide bonds. The first-order valence-corrected chi connectivity index (χ1v) is 13.6. The van der Waals surface area contributed by atoms with Crippen molar-refractivity contribution in [1.29, 1.82) is 0 Å². The zero-order chi connectivity index (χ0) is 26.0. The van der Waals surface area contributed by atoms with E-state index >= 15 is 0 Å². The van der Waals surface area contributed by atoms with Crippen molar-refractivity contribution in [2.24, 2.45) is 0 Å². The number of carbonyl (C=O) groups is 1. The minimum absolute atomic E-state index is 0.115. The molecule has 3 heterocycles. The van der Waals surface area contributed by atoms with Crippen LogP contribution in [0.5, 0.6) is 0 Å². The van der Waals surface area contributed by atoms with Gasteiger partial charge in [0.15, 0.2) is 0 Å². The van der Waals surface area contributed by atoms with Gasteiger partial charge in [0.1, 0.15) is 11.5 Å². The fraction of sp³-hybridized carbons (Fsp3) is 0.250. The molecular formula is C24H26N6O4S2. The Labute approximate surface area is 212 Å². The van der Waals surface area contributed by atoms with Crippen LogP contribution in [0.1, 0.15) is 35.5 Å². The topological polar surface area (TPSA) is 130 Å². The lowest BCUT2D eigenvalue weighted by Gasteiger charge is -2.18.